The summed E-state index contributed by atoms with van der Waals surface area (Å²) in [5.74, 6) is 2.61. The standard InChI is InChI=1S/C31H35Cl2N3O/c32-27-9-5-20(17-28(27)33)6-10-30(37)35-31-23-7-8-24(31)16-21(15-23)19-36-13-11-22(12-14-36)26-18-34-29-4-2-1-3-25(26)29/h1-6,9-10,17-18,21-24,31,34H,7-8,11-16,19H2,(H,35,37)/b10-6+. The number of benzene rings is 2. The molecule has 1 amide bonds. The molecule has 6 heteroatoms. The van der Waals surface area contributed by atoms with Gasteiger partial charge in [0.2, 0.25) is 5.91 Å². The fraction of sp³-hybridized carbons (Fsp3) is 0.452. The van der Waals surface area contributed by atoms with Crippen LogP contribution in [0.25, 0.3) is 17.0 Å². The first-order chi connectivity index (χ1) is 18.0. The van der Waals surface area contributed by atoms with E-state index in [1.54, 1.807) is 18.2 Å². The number of nitrogens with one attached hydrogen (secondary N) is 2. The highest BCUT2D eigenvalue weighted by Gasteiger charge is 2.43. The number of para-hydroxylation sites is 1. The van der Waals surface area contributed by atoms with Crippen molar-refractivity contribution in [3.63, 3.8) is 0 Å². The first-order valence-corrected chi connectivity index (χ1v) is 14.5. The number of carbonyl (C=O) groups is 1. The van der Waals surface area contributed by atoms with Crippen LogP contribution in [0.3, 0.4) is 0 Å². The molecule has 2 heterocycles. The van der Waals surface area contributed by atoms with Crippen molar-refractivity contribution < 1.29 is 4.79 Å². The summed E-state index contributed by atoms with van der Waals surface area (Å²) >= 11 is 12.1. The Kier molecular flexibility index (Phi) is 7.34. The maximum absolute atomic E-state index is 12.7. The summed E-state index contributed by atoms with van der Waals surface area (Å²) < 4.78 is 0. The average molecular weight is 537 g/mol. The summed E-state index contributed by atoms with van der Waals surface area (Å²) in [5, 5.41) is 5.76. The third-order valence-corrected chi connectivity index (χ3v) is 9.78. The van der Waals surface area contributed by atoms with Crippen molar-refractivity contribution in [1.82, 2.24) is 15.2 Å². The fourth-order valence-electron chi connectivity index (χ4n) is 7.26. The molecule has 6 rings (SSSR count). The lowest BCUT2D eigenvalue weighted by Gasteiger charge is -2.39. The number of nitrogens with zero attached hydrogens (tertiary/aromatic N) is 1. The summed E-state index contributed by atoms with van der Waals surface area (Å²) in [6.07, 6.45) is 13.1. The summed E-state index contributed by atoms with van der Waals surface area (Å²) in [4.78, 5) is 18.9. The van der Waals surface area contributed by atoms with Crippen LogP contribution in [0.5, 0.6) is 0 Å². The number of rotatable bonds is 6. The molecule has 2 bridgehead atoms. The van der Waals surface area contributed by atoms with Gasteiger partial charge in [0.05, 0.1) is 10.0 Å². The molecule has 1 aromatic heterocycles. The molecule has 3 fully saturated rings. The molecule has 3 aliphatic rings. The molecule has 3 aromatic rings. The van der Waals surface area contributed by atoms with E-state index >= 15 is 0 Å². The predicted molar refractivity (Wildman–Crippen MR) is 153 cm³/mol. The number of H-pyrrole nitrogens is 1. The quantitative estimate of drug-likeness (QED) is 0.325. The van der Waals surface area contributed by atoms with Gasteiger partial charge in [-0.25, -0.2) is 0 Å². The molecule has 2 aliphatic carbocycles. The highest BCUT2D eigenvalue weighted by molar-refractivity contribution is 6.42. The zero-order valence-corrected chi connectivity index (χ0v) is 22.6. The minimum atomic E-state index is -0.00854. The molecule has 1 saturated heterocycles. The van der Waals surface area contributed by atoms with E-state index in [0.717, 1.165) is 11.5 Å². The predicted octanol–water partition coefficient (Wildman–Crippen LogP) is 7.29. The van der Waals surface area contributed by atoms with Gasteiger partial charge in [0.15, 0.2) is 0 Å². The maximum atomic E-state index is 12.7. The molecule has 194 valence electrons. The molecule has 4 nitrogen and oxygen atoms in total. The van der Waals surface area contributed by atoms with Gasteiger partial charge in [-0.2, -0.15) is 0 Å². The van der Waals surface area contributed by atoms with Crippen LogP contribution in [0.4, 0.5) is 0 Å². The first-order valence-electron chi connectivity index (χ1n) is 13.8. The van der Waals surface area contributed by atoms with Gasteiger partial charge in [-0.05, 0) is 111 Å². The monoisotopic (exact) mass is 535 g/mol. The first kappa shape index (κ1) is 25.0. The van der Waals surface area contributed by atoms with E-state index in [1.165, 1.54) is 74.6 Å². The molecular formula is C31H35Cl2N3O. The van der Waals surface area contributed by atoms with E-state index in [2.05, 4.69) is 45.7 Å². The smallest absolute Gasteiger partial charge is 0.244 e. The van der Waals surface area contributed by atoms with Gasteiger partial charge in [0.1, 0.15) is 0 Å². The van der Waals surface area contributed by atoms with Gasteiger partial charge in [-0.3, -0.25) is 4.79 Å². The fourth-order valence-corrected chi connectivity index (χ4v) is 7.57. The number of halogens is 2. The van der Waals surface area contributed by atoms with Gasteiger partial charge >= 0.3 is 0 Å². The lowest BCUT2D eigenvalue weighted by molar-refractivity contribution is -0.118. The van der Waals surface area contributed by atoms with E-state index in [4.69, 9.17) is 23.2 Å². The summed E-state index contributed by atoms with van der Waals surface area (Å²) in [6, 6.07) is 14.4. The second-order valence-electron chi connectivity index (χ2n) is 11.3. The topological polar surface area (TPSA) is 48.1 Å². The Morgan fingerprint density at radius 2 is 1.76 bits per heavy atom. The van der Waals surface area contributed by atoms with Crippen LogP contribution in [0.15, 0.2) is 54.7 Å². The van der Waals surface area contributed by atoms with Crippen LogP contribution in [0.1, 0.15) is 55.6 Å². The molecule has 2 N–H and O–H groups in total. The van der Waals surface area contributed by atoms with E-state index < -0.39 is 0 Å². The Bertz CT molecular complexity index is 1280. The number of amides is 1. The Morgan fingerprint density at radius 1 is 1.00 bits per heavy atom. The largest absolute Gasteiger partial charge is 0.361 e. The van der Waals surface area contributed by atoms with Crippen LogP contribution in [0.2, 0.25) is 10.0 Å². The van der Waals surface area contributed by atoms with Crippen LogP contribution in [-0.2, 0) is 4.79 Å². The van der Waals surface area contributed by atoms with Crippen molar-refractivity contribution in [2.45, 2.75) is 50.5 Å². The van der Waals surface area contributed by atoms with Crippen molar-refractivity contribution in [3.8, 4) is 0 Å². The number of hydrogen-bond acceptors (Lipinski definition) is 2. The lowest BCUT2D eigenvalue weighted by Crippen LogP contribution is -2.46. The van der Waals surface area contributed by atoms with Crippen molar-refractivity contribution in [2.24, 2.45) is 17.8 Å². The van der Waals surface area contributed by atoms with Gasteiger partial charge in [-0.1, -0.05) is 47.5 Å². The molecule has 2 unspecified atom stereocenters. The summed E-state index contributed by atoms with van der Waals surface area (Å²) in [6.45, 7) is 3.59. The van der Waals surface area contributed by atoms with Crippen molar-refractivity contribution in [1.29, 1.82) is 0 Å². The molecule has 2 aromatic carbocycles. The Labute approximate surface area is 229 Å². The van der Waals surface area contributed by atoms with Crippen LogP contribution >= 0.6 is 23.2 Å². The SMILES string of the molecule is O=C(/C=C/c1ccc(Cl)c(Cl)c1)NC1C2CCC1CC(CN1CCC(c3c[nH]c4ccccc34)CC1)C2. The molecule has 0 radical (unpaired) electrons. The number of hydrogen-bond donors (Lipinski definition) is 2. The Balaban J connectivity index is 0.992. The third-order valence-electron chi connectivity index (χ3n) is 9.04. The van der Waals surface area contributed by atoms with Crippen molar-refractivity contribution >= 4 is 46.1 Å². The Morgan fingerprint density at radius 3 is 2.51 bits per heavy atom. The minimum absolute atomic E-state index is 0.00854. The van der Waals surface area contributed by atoms with Crippen molar-refractivity contribution in [3.05, 3.63) is 75.9 Å². The second kappa shape index (κ2) is 10.8. The van der Waals surface area contributed by atoms with Crippen LogP contribution < -0.4 is 5.32 Å². The molecule has 1 aliphatic heterocycles. The lowest BCUT2D eigenvalue weighted by atomic mass is 9.76. The van der Waals surface area contributed by atoms with Gasteiger partial charge in [-0.15, -0.1) is 0 Å². The van der Waals surface area contributed by atoms with E-state index in [1.807, 2.05) is 12.1 Å². The van der Waals surface area contributed by atoms with E-state index in [9.17, 15) is 4.79 Å². The molecule has 37 heavy (non-hydrogen) atoms. The van der Waals surface area contributed by atoms with Gasteiger partial charge < -0.3 is 15.2 Å². The normalized spacial score (nSPS) is 26.8. The van der Waals surface area contributed by atoms with Gasteiger partial charge in [0.25, 0.3) is 0 Å². The summed E-state index contributed by atoms with van der Waals surface area (Å²) in [5.41, 5.74) is 3.63. The number of aromatic amines is 1. The van der Waals surface area contributed by atoms with Gasteiger partial charge in [0, 0.05) is 35.8 Å². The van der Waals surface area contributed by atoms with E-state index in [-0.39, 0.29) is 5.91 Å². The molecule has 0 spiro atoms. The Hall–Kier alpha value is -2.27. The molecule has 2 atom stereocenters. The number of fused-ring (bicyclic) bond motifs is 3. The third kappa shape index (κ3) is 5.48. The number of aromatic nitrogens is 1. The second-order valence-corrected chi connectivity index (χ2v) is 12.2. The molecular weight excluding hydrogens is 501 g/mol. The molecule has 2 saturated carbocycles. The zero-order valence-electron chi connectivity index (χ0n) is 21.1. The number of likely N-dealkylation sites (tertiary alicyclic amines) is 1. The average Bonchev–Trinajstić information content (AvgIpc) is 3.43. The van der Waals surface area contributed by atoms with Crippen LogP contribution in [0, 0.1) is 17.8 Å². The van der Waals surface area contributed by atoms with Crippen LogP contribution in [-0.4, -0.2) is 41.5 Å². The maximum Gasteiger partial charge on any atom is 0.244 e. The highest BCUT2D eigenvalue weighted by Crippen LogP contribution is 2.45. The van der Waals surface area contributed by atoms with E-state index in [0.29, 0.717) is 33.8 Å². The zero-order chi connectivity index (χ0) is 25.4. The number of carbonyl (C=O) groups excluding carboxylic acids is 1. The minimum Gasteiger partial charge on any atom is -0.361 e. The highest BCUT2D eigenvalue weighted by atomic mass is 35.5. The van der Waals surface area contributed by atoms with Crippen molar-refractivity contribution in [2.75, 3.05) is 19.6 Å². The number of piperidine rings is 1. The summed E-state index contributed by atoms with van der Waals surface area (Å²) in [7, 11) is 0.